The van der Waals surface area contributed by atoms with Gasteiger partial charge in [-0.2, -0.15) is 5.26 Å². The van der Waals surface area contributed by atoms with E-state index in [0.717, 1.165) is 24.0 Å². The highest BCUT2D eigenvalue weighted by atomic mass is 16.5. The number of ether oxygens (including phenoxy) is 3. The molecule has 0 amide bonds. The Hall–Kier alpha value is -3.40. The highest BCUT2D eigenvalue weighted by molar-refractivity contribution is 5.65. The van der Waals surface area contributed by atoms with Crippen LogP contribution in [0.2, 0.25) is 0 Å². The summed E-state index contributed by atoms with van der Waals surface area (Å²) < 4.78 is 14.7. The first-order valence-electron chi connectivity index (χ1n) is 9.16. The standard InChI is InChI=1S/C14H15NO3.C8H10O3/c1-9(16)18-8-11-3-2-10-4-5-12(17)6-13(10)14(11)7-15;1-10-6-4-3-5-7(11-2)8(6)9/h4-6,11,14,17H,2-3,8H2,1H3;3-5,9H,1-2H3. The number of phenolic OH excluding ortho intramolecular Hbond substituents is 2. The van der Waals surface area contributed by atoms with E-state index in [-0.39, 0.29) is 35.9 Å². The van der Waals surface area contributed by atoms with E-state index in [1.54, 1.807) is 30.3 Å². The Morgan fingerprint density at radius 2 is 1.83 bits per heavy atom. The van der Waals surface area contributed by atoms with E-state index in [1.807, 2.05) is 6.07 Å². The van der Waals surface area contributed by atoms with Gasteiger partial charge in [-0.1, -0.05) is 12.1 Å². The molecule has 29 heavy (non-hydrogen) atoms. The van der Waals surface area contributed by atoms with Gasteiger partial charge in [0, 0.05) is 12.8 Å². The van der Waals surface area contributed by atoms with Crippen molar-refractivity contribution < 1.29 is 29.2 Å². The molecule has 3 rings (SSSR count). The maximum Gasteiger partial charge on any atom is 0.302 e. The van der Waals surface area contributed by atoms with Crippen LogP contribution in [0.5, 0.6) is 23.0 Å². The van der Waals surface area contributed by atoms with Crippen molar-refractivity contribution in [2.24, 2.45) is 5.92 Å². The number of nitrogens with zero attached hydrogens (tertiary/aromatic N) is 1. The summed E-state index contributed by atoms with van der Waals surface area (Å²) in [6.45, 7) is 1.63. The van der Waals surface area contributed by atoms with E-state index >= 15 is 0 Å². The number of esters is 1. The van der Waals surface area contributed by atoms with Gasteiger partial charge in [0.2, 0.25) is 5.75 Å². The lowest BCUT2D eigenvalue weighted by molar-refractivity contribution is -0.142. The maximum absolute atomic E-state index is 10.8. The van der Waals surface area contributed by atoms with E-state index in [1.165, 1.54) is 21.1 Å². The minimum Gasteiger partial charge on any atom is -0.508 e. The number of fused-ring (bicyclic) bond motifs is 1. The van der Waals surface area contributed by atoms with E-state index in [0.29, 0.717) is 11.5 Å². The number of carbonyl (C=O) groups is 1. The summed E-state index contributed by atoms with van der Waals surface area (Å²) in [4.78, 5) is 10.8. The fourth-order valence-electron chi connectivity index (χ4n) is 3.27. The molecule has 0 fully saturated rings. The highest BCUT2D eigenvalue weighted by Gasteiger charge is 2.30. The summed E-state index contributed by atoms with van der Waals surface area (Å²) >= 11 is 0. The number of carbonyl (C=O) groups excluding carboxylic acids is 1. The molecule has 0 heterocycles. The zero-order valence-corrected chi connectivity index (χ0v) is 16.7. The van der Waals surface area contributed by atoms with Crippen molar-refractivity contribution in [2.45, 2.75) is 25.7 Å². The molecule has 154 valence electrons. The summed E-state index contributed by atoms with van der Waals surface area (Å²) in [6, 6.07) is 12.5. The number of aromatic hydroxyl groups is 2. The summed E-state index contributed by atoms with van der Waals surface area (Å²) in [7, 11) is 2.99. The van der Waals surface area contributed by atoms with Gasteiger partial charge in [0.15, 0.2) is 11.5 Å². The molecule has 0 spiro atoms. The van der Waals surface area contributed by atoms with Crippen molar-refractivity contribution in [3.05, 3.63) is 47.5 Å². The number of para-hydroxylation sites is 1. The largest absolute Gasteiger partial charge is 0.508 e. The van der Waals surface area contributed by atoms with Gasteiger partial charge < -0.3 is 24.4 Å². The average molecular weight is 399 g/mol. The number of benzene rings is 2. The van der Waals surface area contributed by atoms with Gasteiger partial charge in [-0.25, -0.2) is 0 Å². The van der Waals surface area contributed by atoms with Gasteiger partial charge in [0.25, 0.3) is 0 Å². The van der Waals surface area contributed by atoms with Crippen molar-refractivity contribution in [1.29, 1.82) is 5.26 Å². The molecule has 7 heteroatoms. The molecule has 7 nitrogen and oxygen atoms in total. The van der Waals surface area contributed by atoms with Crippen molar-refractivity contribution in [2.75, 3.05) is 20.8 Å². The summed E-state index contributed by atoms with van der Waals surface area (Å²) in [5, 5.41) is 28.1. The minimum absolute atomic E-state index is 0.00759. The SMILES string of the molecule is CC(=O)OCC1CCc2ccc(O)cc2C1C#N.COc1cccc(OC)c1O. The van der Waals surface area contributed by atoms with E-state index in [4.69, 9.17) is 14.2 Å². The zero-order valence-electron chi connectivity index (χ0n) is 16.7. The second-order valence-electron chi connectivity index (χ2n) is 6.60. The van der Waals surface area contributed by atoms with Crippen LogP contribution in [0.15, 0.2) is 36.4 Å². The van der Waals surface area contributed by atoms with Gasteiger partial charge in [0.1, 0.15) is 5.75 Å². The quantitative estimate of drug-likeness (QED) is 0.757. The number of hydrogen-bond acceptors (Lipinski definition) is 7. The molecule has 0 saturated heterocycles. The molecule has 1 aliphatic rings. The van der Waals surface area contributed by atoms with Crippen LogP contribution in [0.3, 0.4) is 0 Å². The van der Waals surface area contributed by atoms with E-state index < -0.39 is 0 Å². The third kappa shape index (κ3) is 5.55. The molecule has 2 aromatic rings. The smallest absolute Gasteiger partial charge is 0.302 e. The molecule has 2 unspecified atom stereocenters. The van der Waals surface area contributed by atoms with Crippen LogP contribution in [-0.2, 0) is 16.0 Å². The van der Waals surface area contributed by atoms with E-state index in [9.17, 15) is 20.3 Å². The topological polar surface area (TPSA) is 109 Å². The molecule has 0 aromatic heterocycles. The summed E-state index contributed by atoms with van der Waals surface area (Å²) in [5.74, 6) is 0.412. The third-order valence-electron chi connectivity index (χ3n) is 4.76. The van der Waals surface area contributed by atoms with Crippen LogP contribution >= 0.6 is 0 Å². The Kier molecular flexibility index (Phi) is 7.72. The van der Waals surface area contributed by atoms with Crippen molar-refractivity contribution in [3.63, 3.8) is 0 Å². The first kappa shape index (κ1) is 21.9. The summed E-state index contributed by atoms with van der Waals surface area (Å²) in [6.07, 6.45) is 1.67. The fraction of sp³-hybridized carbons (Fsp3) is 0.364. The predicted octanol–water partition coefficient (Wildman–Crippen LogP) is 3.53. The number of phenols is 2. The number of rotatable bonds is 4. The minimum atomic E-state index is -0.326. The second kappa shape index (κ2) is 10.2. The van der Waals surface area contributed by atoms with Gasteiger partial charge >= 0.3 is 5.97 Å². The number of aryl methyl sites for hydroxylation is 1. The van der Waals surface area contributed by atoms with Crippen LogP contribution in [0, 0.1) is 17.2 Å². The fourth-order valence-corrected chi connectivity index (χ4v) is 3.27. The van der Waals surface area contributed by atoms with Crippen LogP contribution in [-0.4, -0.2) is 37.0 Å². The van der Waals surface area contributed by atoms with Gasteiger partial charge in [-0.15, -0.1) is 0 Å². The van der Waals surface area contributed by atoms with Gasteiger partial charge in [-0.3, -0.25) is 4.79 Å². The molecule has 2 aromatic carbocycles. The zero-order chi connectivity index (χ0) is 21.4. The van der Waals surface area contributed by atoms with Crippen molar-refractivity contribution in [1.82, 2.24) is 0 Å². The molecule has 1 aliphatic carbocycles. The van der Waals surface area contributed by atoms with E-state index in [2.05, 4.69) is 6.07 Å². The summed E-state index contributed by atoms with van der Waals surface area (Å²) in [5.41, 5.74) is 1.96. The molecule has 2 N–H and O–H groups in total. The number of methoxy groups -OCH3 is 2. The normalized spacial score (nSPS) is 17.0. The van der Waals surface area contributed by atoms with Crippen LogP contribution < -0.4 is 9.47 Å². The van der Waals surface area contributed by atoms with Crippen LogP contribution in [0.4, 0.5) is 0 Å². The molecule has 0 aliphatic heterocycles. The van der Waals surface area contributed by atoms with Crippen molar-refractivity contribution >= 4 is 5.97 Å². The lowest BCUT2D eigenvalue weighted by Gasteiger charge is -2.28. The Labute approximate surface area is 170 Å². The molecule has 0 bridgehead atoms. The highest BCUT2D eigenvalue weighted by Crippen LogP contribution is 2.37. The molecule has 2 atom stereocenters. The average Bonchev–Trinajstić information content (AvgIpc) is 2.72. The molecule has 0 radical (unpaired) electrons. The van der Waals surface area contributed by atoms with Gasteiger partial charge in [-0.05, 0) is 48.2 Å². The van der Waals surface area contributed by atoms with Crippen LogP contribution in [0.25, 0.3) is 0 Å². The Balaban J connectivity index is 0.000000234. The number of hydrogen-bond donors (Lipinski definition) is 2. The monoisotopic (exact) mass is 399 g/mol. The predicted molar refractivity (Wildman–Crippen MR) is 106 cm³/mol. The Bertz CT molecular complexity index is 867. The maximum atomic E-state index is 10.8. The van der Waals surface area contributed by atoms with Gasteiger partial charge in [0.05, 0.1) is 32.8 Å². The Morgan fingerprint density at radius 3 is 2.38 bits per heavy atom. The third-order valence-corrected chi connectivity index (χ3v) is 4.76. The number of nitriles is 1. The molecule has 0 saturated carbocycles. The lowest BCUT2D eigenvalue weighted by Crippen LogP contribution is -2.24. The van der Waals surface area contributed by atoms with Crippen molar-refractivity contribution in [3.8, 4) is 29.1 Å². The molecular formula is C22H25NO6. The van der Waals surface area contributed by atoms with Crippen LogP contribution in [0.1, 0.15) is 30.4 Å². The second-order valence-corrected chi connectivity index (χ2v) is 6.60. The Morgan fingerprint density at radius 1 is 1.17 bits per heavy atom. The lowest BCUT2D eigenvalue weighted by atomic mass is 9.76. The molecular weight excluding hydrogens is 374 g/mol. The first-order chi connectivity index (χ1) is 13.9. The first-order valence-corrected chi connectivity index (χ1v) is 9.16.